The Labute approximate surface area is 165 Å². The lowest BCUT2D eigenvalue weighted by molar-refractivity contribution is -0.137. The Balaban J connectivity index is 1.39. The molecule has 0 unspecified atom stereocenters. The molecule has 0 radical (unpaired) electrons. The average molecular weight is 407 g/mol. The van der Waals surface area contributed by atoms with Crippen LogP contribution in [0.1, 0.15) is 17.0 Å². The first-order valence-corrected chi connectivity index (χ1v) is 9.93. The number of benzene rings is 1. The SMILES string of the molecule is Cc1oc(-c2cccs2)nc1CN1CCN(c2cccc(C(F)(F)F)c2)CC1. The molecule has 1 aliphatic rings. The van der Waals surface area contributed by atoms with E-state index in [0.717, 1.165) is 35.5 Å². The van der Waals surface area contributed by atoms with Crippen LogP contribution in [-0.2, 0) is 12.7 Å². The van der Waals surface area contributed by atoms with Crippen molar-refractivity contribution in [3.8, 4) is 10.8 Å². The topological polar surface area (TPSA) is 32.5 Å². The van der Waals surface area contributed by atoms with Gasteiger partial charge in [-0.25, -0.2) is 4.98 Å². The summed E-state index contributed by atoms with van der Waals surface area (Å²) >= 11 is 1.59. The zero-order valence-corrected chi connectivity index (χ0v) is 16.2. The van der Waals surface area contributed by atoms with Gasteiger partial charge in [0.05, 0.1) is 16.1 Å². The Bertz CT molecular complexity index is 929. The van der Waals surface area contributed by atoms with E-state index in [0.29, 0.717) is 31.2 Å². The smallest absolute Gasteiger partial charge is 0.416 e. The molecule has 0 N–H and O–H groups in total. The van der Waals surface area contributed by atoms with E-state index in [1.807, 2.05) is 29.3 Å². The Morgan fingerprint density at radius 2 is 1.89 bits per heavy atom. The number of thiophene rings is 1. The van der Waals surface area contributed by atoms with Crippen LogP contribution in [0.4, 0.5) is 18.9 Å². The normalized spacial score (nSPS) is 15.9. The number of alkyl halides is 3. The van der Waals surface area contributed by atoms with Gasteiger partial charge in [0, 0.05) is 38.4 Å². The lowest BCUT2D eigenvalue weighted by Gasteiger charge is -2.36. The molecule has 4 rings (SSSR count). The van der Waals surface area contributed by atoms with E-state index < -0.39 is 11.7 Å². The highest BCUT2D eigenvalue weighted by Gasteiger charge is 2.31. The fourth-order valence-electron chi connectivity index (χ4n) is 3.34. The van der Waals surface area contributed by atoms with Crippen LogP contribution in [-0.4, -0.2) is 36.1 Å². The van der Waals surface area contributed by atoms with Crippen molar-refractivity contribution in [2.45, 2.75) is 19.6 Å². The second-order valence-electron chi connectivity index (χ2n) is 6.81. The van der Waals surface area contributed by atoms with Crippen molar-refractivity contribution >= 4 is 17.0 Å². The minimum absolute atomic E-state index is 0.605. The summed E-state index contributed by atoms with van der Waals surface area (Å²) in [6.07, 6.45) is -4.32. The van der Waals surface area contributed by atoms with Crippen molar-refractivity contribution in [1.82, 2.24) is 9.88 Å². The number of nitrogens with zero attached hydrogens (tertiary/aromatic N) is 3. The summed E-state index contributed by atoms with van der Waals surface area (Å²) in [7, 11) is 0. The summed E-state index contributed by atoms with van der Waals surface area (Å²) in [5.41, 5.74) is 0.926. The maximum atomic E-state index is 12.9. The van der Waals surface area contributed by atoms with Crippen molar-refractivity contribution in [3.05, 3.63) is 58.8 Å². The molecule has 0 aliphatic carbocycles. The number of aryl methyl sites for hydroxylation is 1. The van der Waals surface area contributed by atoms with E-state index in [1.54, 1.807) is 17.4 Å². The van der Waals surface area contributed by atoms with Gasteiger partial charge in [-0.1, -0.05) is 12.1 Å². The highest BCUT2D eigenvalue weighted by molar-refractivity contribution is 7.13. The van der Waals surface area contributed by atoms with E-state index in [-0.39, 0.29) is 0 Å². The summed E-state index contributed by atoms with van der Waals surface area (Å²) in [4.78, 5) is 9.88. The summed E-state index contributed by atoms with van der Waals surface area (Å²) in [5.74, 6) is 1.45. The molecule has 3 heterocycles. The standard InChI is InChI=1S/C20H20F3N3OS/c1-14-17(24-19(27-14)18-6-3-11-28-18)13-25-7-9-26(10-8-25)16-5-2-4-15(12-16)20(21,22)23/h2-6,11-12H,7-10,13H2,1H3. The van der Waals surface area contributed by atoms with Gasteiger partial charge in [-0.05, 0) is 36.6 Å². The molecular formula is C20H20F3N3OS. The monoisotopic (exact) mass is 407 g/mol. The van der Waals surface area contributed by atoms with Crippen molar-refractivity contribution in [2.24, 2.45) is 0 Å². The van der Waals surface area contributed by atoms with Gasteiger partial charge in [-0.2, -0.15) is 13.2 Å². The molecule has 8 heteroatoms. The lowest BCUT2D eigenvalue weighted by atomic mass is 10.1. The van der Waals surface area contributed by atoms with Gasteiger partial charge in [-0.3, -0.25) is 4.90 Å². The largest absolute Gasteiger partial charge is 0.440 e. The van der Waals surface area contributed by atoms with Crippen LogP contribution in [0, 0.1) is 6.92 Å². The zero-order chi connectivity index (χ0) is 19.7. The van der Waals surface area contributed by atoms with E-state index in [9.17, 15) is 13.2 Å². The van der Waals surface area contributed by atoms with Crippen molar-refractivity contribution < 1.29 is 17.6 Å². The van der Waals surface area contributed by atoms with Crippen LogP contribution in [0.5, 0.6) is 0 Å². The molecule has 0 bridgehead atoms. The molecule has 2 aromatic heterocycles. The number of aromatic nitrogens is 1. The maximum absolute atomic E-state index is 12.9. The van der Waals surface area contributed by atoms with Gasteiger partial charge in [0.15, 0.2) is 0 Å². The minimum Gasteiger partial charge on any atom is -0.440 e. The summed E-state index contributed by atoms with van der Waals surface area (Å²) in [6.45, 7) is 5.47. The Hall–Kier alpha value is -2.32. The molecule has 1 fully saturated rings. The van der Waals surface area contributed by atoms with E-state index in [1.165, 1.54) is 12.1 Å². The molecule has 1 aliphatic heterocycles. The number of hydrogen-bond acceptors (Lipinski definition) is 5. The Kier molecular flexibility index (Phi) is 5.16. The van der Waals surface area contributed by atoms with Crippen molar-refractivity contribution in [1.29, 1.82) is 0 Å². The van der Waals surface area contributed by atoms with Gasteiger partial charge >= 0.3 is 6.18 Å². The van der Waals surface area contributed by atoms with Crippen molar-refractivity contribution in [3.63, 3.8) is 0 Å². The molecule has 0 saturated carbocycles. The van der Waals surface area contributed by atoms with Gasteiger partial charge in [0.25, 0.3) is 0 Å². The van der Waals surface area contributed by atoms with E-state index in [2.05, 4.69) is 9.88 Å². The second kappa shape index (κ2) is 7.60. The zero-order valence-electron chi connectivity index (χ0n) is 15.4. The number of oxazole rings is 1. The van der Waals surface area contributed by atoms with Gasteiger partial charge in [-0.15, -0.1) is 11.3 Å². The predicted octanol–water partition coefficient (Wildman–Crippen LogP) is 5.05. The fourth-order valence-corrected chi connectivity index (χ4v) is 3.98. The molecule has 0 spiro atoms. The first-order valence-electron chi connectivity index (χ1n) is 9.05. The second-order valence-corrected chi connectivity index (χ2v) is 7.76. The van der Waals surface area contributed by atoms with Gasteiger partial charge in [0.2, 0.25) is 5.89 Å². The maximum Gasteiger partial charge on any atom is 0.416 e. The molecule has 3 aromatic rings. The highest BCUT2D eigenvalue weighted by Crippen LogP contribution is 2.32. The van der Waals surface area contributed by atoms with Crippen LogP contribution in [0.25, 0.3) is 10.8 Å². The quantitative estimate of drug-likeness (QED) is 0.606. The first kappa shape index (κ1) is 19.0. The Morgan fingerprint density at radius 3 is 2.57 bits per heavy atom. The molecule has 1 saturated heterocycles. The minimum atomic E-state index is -4.32. The molecule has 0 amide bonds. The molecule has 1 aromatic carbocycles. The Morgan fingerprint density at radius 1 is 1.11 bits per heavy atom. The lowest BCUT2D eigenvalue weighted by Crippen LogP contribution is -2.46. The number of hydrogen-bond donors (Lipinski definition) is 0. The van der Waals surface area contributed by atoms with Crippen LogP contribution in [0.3, 0.4) is 0 Å². The fraction of sp³-hybridized carbons (Fsp3) is 0.350. The summed E-state index contributed by atoms with van der Waals surface area (Å²) < 4.78 is 44.6. The first-order chi connectivity index (χ1) is 13.4. The van der Waals surface area contributed by atoms with Crippen LogP contribution in [0.15, 0.2) is 46.2 Å². The molecule has 0 atom stereocenters. The van der Waals surface area contributed by atoms with E-state index in [4.69, 9.17) is 4.42 Å². The van der Waals surface area contributed by atoms with Crippen molar-refractivity contribution in [2.75, 3.05) is 31.1 Å². The van der Waals surface area contributed by atoms with Gasteiger partial charge < -0.3 is 9.32 Å². The number of piperazine rings is 1. The third-order valence-electron chi connectivity index (χ3n) is 4.91. The third kappa shape index (κ3) is 4.07. The molecule has 148 valence electrons. The predicted molar refractivity (Wildman–Crippen MR) is 103 cm³/mol. The summed E-state index contributed by atoms with van der Waals surface area (Å²) in [5, 5.41) is 1.99. The molecule has 28 heavy (non-hydrogen) atoms. The third-order valence-corrected chi connectivity index (χ3v) is 5.77. The number of rotatable bonds is 4. The molecular weight excluding hydrogens is 387 g/mol. The number of anilines is 1. The van der Waals surface area contributed by atoms with Crippen LogP contribution in [0.2, 0.25) is 0 Å². The van der Waals surface area contributed by atoms with Crippen LogP contribution < -0.4 is 4.90 Å². The number of halogens is 3. The van der Waals surface area contributed by atoms with E-state index >= 15 is 0 Å². The highest BCUT2D eigenvalue weighted by atomic mass is 32.1. The average Bonchev–Trinajstić information content (AvgIpc) is 3.32. The van der Waals surface area contributed by atoms with Gasteiger partial charge in [0.1, 0.15) is 5.76 Å². The molecule has 4 nitrogen and oxygen atoms in total. The summed E-state index contributed by atoms with van der Waals surface area (Å²) in [6, 6.07) is 9.48. The van der Waals surface area contributed by atoms with Crippen LogP contribution >= 0.6 is 11.3 Å².